The highest BCUT2D eigenvalue weighted by molar-refractivity contribution is 5.97. The minimum Gasteiger partial charge on any atom is -0.480 e. The second-order valence-corrected chi connectivity index (χ2v) is 10.5. The molecule has 47 heavy (non-hydrogen) atoms. The largest absolute Gasteiger partial charge is 0.480 e. The number of fused-ring (bicyclic) bond motifs is 2. The summed E-state index contributed by atoms with van der Waals surface area (Å²) in [5, 5.41) is 13.9. The number of pyridine rings is 2. The van der Waals surface area contributed by atoms with Gasteiger partial charge < -0.3 is 20.1 Å². The Morgan fingerprint density at radius 3 is 2.28 bits per heavy atom. The number of anilines is 1. The zero-order chi connectivity index (χ0) is 34.3. The van der Waals surface area contributed by atoms with Crippen LogP contribution >= 0.6 is 0 Å². The van der Waals surface area contributed by atoms with Crippen molar-refractivity contribution in [3.8, 4) is 11.3 Å². The molecular weight excluding hydrogens is 642 g/mol. The molecule has 0 saturated heterocycles. The van der Waals surface area contributed by atoms with Crippen molar-refractivity contribution in [2.75, 3.05) is 5.32 Å². The van der Waals surface area contributed by atoms with Crippen molar-refractivity contribution >= 4 is 34.0 Å². The number of halogens is 8. The van der Waals surface area contributed by atoms with Crippen LogP contribution in [-0.2, 0) is 17.4 Å². The van der Waals surface area contributed by atoms with Gasteiger partial charge in [-0.2, -0.15) is 26.3 Å². The van der Waals surface area contributed by atoms with Crippen molar-refractivity contribution in [1.29, 1.82) is 0 Å². The first-order valence-corrected chi connectivity index (χ1v) is 13.9. The van der Waals surface area contributed by atoms with Crippen LogP contribution in [0.1, 0.15) is 35.0 Å². The summed E-state index contributed by atoms with van der Waals surface area (Å²) in [6, 6.07) is 5.39. The Kier molecular flexibility index (Phi) is 8.79. The maximum absolute atomic E-state index is 14.8. The van der Waals surface area contributed by atoms with Gasteiger partial charge in [0.2, 0.25) is 0 Å². The van der Waals surface area contributed by atoms with E-state index in [2.05, 4.69) is 9.97 Å². The molecule has 2 aromatic carbocycles. The lowest BCUT2D eigenvalue weighted by atomic mass is 9.99. The van der Waals surface area contributed by atoms with Crippen molar-refractivity contribution in [1.82, 2.24) is 19.7 Å². The lowest BCUT2D eigenvalue weighted by molar-refractivity contribution is -0.143. The maximum atomic E-state index is 14.8. The average Bonchev–Trinajstić information content (AvgIpc) is 3.48. The lowest BCUT2D eigenvalue weighted by Gasteiger charge is -2.22. The lowest BCUT2D eigenvalue weighted by Crippen LogP contribution is -2.43. The monoisotopic (exact) mass is 665 g/mol. The molecule has 1 amide bonds. The van der Waals surface area contributed by atoms with Crippen molar-refractivity contribution in [2.45, 2.75) is 44.2 Å². The van der Waals surface area contributed by atoms with Crippen LogP contribution in [0.5, 0.6) is 0 Å². The first-order valence-electron chi connectivity index (χ1n) is 13.9. The van der Waals surface area contributed by atoms with Crippen LogP contribution in [0.2, 0.25) is 0 Å². The fraction of sp³-hybridized carbons (Fsp3) is 0.226. The first kappa shape index (κ1) is 33.1. The quantitative estimate of drug-likeness (QED) is 0.146. The van der Waals surface area contributed by atoms with Gasteiger partial charge in [-0.15, -0.1) is 0 Å². The summed E-state index contributed by atoms with van der Waals surface area (Å²) in [7, 11) is 0. The van der Waals surface area contributed by atoms with E-state index in [9.17, 15) is 49.8 Å². The summed E-state index contributed by atoms with van der Waals surface area (Å²) < 4.78 is 113. The summed E-state index contributed by atoms with van der Waals surface area (Å²) in [6.07, 6.45) is -6.62. The predicted molar refractivity (Wildman–Crippen MR) is 154 cm³/mol. The van der Waals surface area contributed by atoms with Gasteiger partial charge >= 0.3 is 18.3 Å². The van der Waals surface area contributed by atoms with Crippen LogP contribution in [0.15, 0.2) is 67.1 Å². The number of nitrogens with one attached hydrogen (secondary N) is 2. The van der Waals surface area contributed by atoms with Crippen LogP contribution in [-0.4, -0.2) is 49.6 Å². The van der Waals surface area contributed by atoms with E-state index in [0.29, 0.717) is 12.1 Å². The molecule has 3 aromatic heterocycles. The number of alkyl halides is 6. The minimum atomic E-state index is -4.81. The van der Waals surface area contributed by atoms with Crippen molar-refractivity contribution in [3.63, 3.8) is 0 Å². The molecular formula is C31H23F8N5O3. The van der Waals surface area contributed by atoms with Gasteiger partial charge in [0.1, 0.15) is 34.9 Å². The fourth-order valence-corrected chi connectivity index (χ4v) is 5.20. The van der Waals surface area contributed by atoms with Crippen LogP contribution in [0.3, 0.4) is 0 Å². The molecule has 0 radical (unpaired) electrons. The van der Waals surface area contributed by atoms with Crippen molar-refractivity contribution in [3.05, 3.63) is 95.6 Å². The molecule has 0 saturated carbocycles. The zero-order valence-corrected chi connectivity index (χ0v) is 24.0. The number of imidazole rings is 1. The molecule has 8 nitrogen and oxygen atoms in total. The standard InChI is InChI=1S/C31H23F8N5O3/c1-2-23(30(34,35)36)42-16-11-20(32)24(21(33)12-16)28(45)43-22(29(46)47)13-17-7-8-19(27-40-9-10-44(17)27)26-25(31(37,38)39)18-6-4-3-5-15(18)14-41-26/h3-12,14,22-23,42H,2,13H2,1H3,(H,43,45)(H,46,47)/t22-,23+/m0/s1. The number of amides is 1. The Hall–Kier alpha value is -5.28. The summed E-state index contributed by atoms with van der Waals surface area (Å²) in [5.41, 5.74) is -3.15. The van der Waals surface area contributed by atoms with Gasteiger partial charge in [-0.05, 0) is 36.1 Å². The van der Waals surface area contributed by atoms with Crippen molar-refractivity contribution in [2.24, 2.45) is 0 Å². The number of hydrogen-bond donors (Lipinski definition) is 3. The Bertz CT molecular complexity index is 1970. The van der Waals surface area contributed by atoms with Crippen LogP contribution in [0.4, 0.5) is 40.8 Å². The Morgan fingerprint density at radius 2 is 1.66 bits per heavy atom. The van der Waals surface area contributed by atoms with Gasteiger partial charge in [0.05, 0.1) is 11.3 Å². The summed E-state index contributed by atoms with van der Waals surface area (Å²) in [4.78, 5) is 33.2. The van der Waals surface area contributed by atoms with Gasteiger partial charge in [0.15, 0.2) is 0 Å². The molecule has 3 heterocycles. The van der Waals surface area contributed by atoms with E-state index in [0.717, 1.165) is 0 Å². The Balaban J connectivity index is 1.45. The van der Waals surface area contributed by atoms with Gasteiger partial charge in [0, 0.05) is 47.3 Å². The number of rotatable bonds is 9. The molecule has 0 fully saturated rings. The van der Waals surface area contributed by atoms with E-state index < -0.39 is 83.3 Å². The van der Waals surface area contributed by atoms with E-state index >= 15 is 0 Å². The second kappa shape index (κ2) is 12.5. The van der Waals surface area contributed by atoms with E-state index in [1.807, 2.05) is 10.6 Å². The third kappa shape index (κ3) is 6.66. The molecule has 5 rings (SSSR count). The van der Waals surface area contributed by atoms with Gasteiger partial charge in [0.25, 0.3) is 5.91 Å². The van der Waals surface area contributed by atoms with Gasteiger partial charge in [-0.25, -0.2) is 18.6 Å². The van der Waals surface area contributed by atoms with E-state index in [1.165, 1.54) is 60.2 Å². The number of carboxylic acids is 1. The Labute approximate surface area is 260 Å². The number of carboxylic acid groups (broad SMARTS) is 1. The smallest absolute Gasteiger partial charge is 0.419 e. The topological polar surface area (TPSA) is 109 Å². The van der Waals surface area contributed by atoms with Crippen LogP contribution in [0.25, 0.3) is 27.7 Å². The molecule has 5 aromatic rings. The predicted octanol–water partition coefficient (Wildman–Crippen LogP) is 7.03. The molecule has 2 atom stereocenters. The molecule has 246 valence electrons. The second-order valence-electron chi connectivity index (χ2n) is 10.5. The molecule has 0 aliphatic heterocycles. The maximum Gasteiger partial charge on any atom is 0.419 e. The normalized spacial score (nSPS) is 13.5. The Morgan fingerprint density at radius 1 is 0.979 bits per heavy atom. The van der Waals surface area contributed by atoms with E-state index in [1.54, 1.807) is 6.07 Å². The molecule has 0 aliphatic rings. The average molecular weight is 666 g/mol. The molecule has 16 heteroatoms. The fourth-order valence-electron chi connectivity index (χ4n) is 5.20. The molecule has 3 N–H and O–H groups in total. The van der Waals surface area contributed by atoms with E-state index in [4.69, 9.17) is 0 Å². The molecule has 0 bridgehead atoms. The molecule has 0 spiro atoms. The van der Waals surface area contributed by atoms with Gasteiger partial charge in [-0.3, -0.25) is 9.78 Å². The number of hydrogen-bond acceptors (Lipinski definition) is 5. The van der Waals surface area contributed by atoms with E-state index in [-0.39, 0.29) is 27.7 Å². The number of aliphatic carboxylic acids is 1. The number of benzene rings is 2. The third-order valence-corrected chi connectivity index (χ3v) is 7.40. The summed E-state index contributed by atoms with van der Waals surface area (Å²) in [5.74, 6) is -6.22. The molecule has 0 aliphatic carbocycles. The SMILES string of the molecule is CC[C@@H](Nc1cc(F)c(C(=O)N[C@@H](Cc2ccc(-c3ncc4ccccc4c3C(F)(F)F)c3nccn23)C(=O)O)c(F)c1)C(F)(F)F. The highest BCUT2D eigenvalue weighted by Gasteiger charge is 2.39. The first-order chi connectivity index (χ1) is 22.1. The third-order valence-electron chi connectivity index (χ3n) is 7.40. The van der Waals surface area contributed by atoms with Crippen molar-refractivity contribution < 1.29 is 49.8 Å². The van der Waals surface area contributed by atoms with Gasteiger partial charge in [-0.1, -0.05) is 31.2 Å². The minimum absolute atomic E-state index is 0.0179. The van der Waals surface area contributed by atoms with Crippen LogP contribution in [0, 0.1) is 11.6 Å². The number of carbonyl (C=O) groups is 2. The summed E-state index contributed by atoms with van der Waals surface area (Å²) in [6.45, 7) is 1.21. The highest BCUT2D eigenvalue weighted by Crippen LogP contribution is 2.41. The summed E-state index contributed by atoms with van der Waals surface area (Å²) >= 11 is 0. The zero-order valence-electron chi connectivity index (χ0n) is 24.0. The molecule has 0 unspecified atom stereocenters. The number of carbonyl (C=O) groups excluding carboxylic acids is 1. The number of nitrogens with zero attached hydrogens (tertiary/aromatic N) is 3. The van der Waals surface area contributed by atoms with Crippen LogP contribution < -0.4 is 10.6 Å². The number of aromatic nitrogens is 3. The highest BCUT2D eigenvalue weighted by atomic mass is 19.4.